The summed E-state index contributed by atoms with van der Waals surface area (Å²) in [7, 11) is 0. The summed E-state index contributed by atoms with van der Waals surface area (Å²) in [6, 6.07) is 0. The highest BCUT2D eigenvalue weighted by atomic mass is 16.1. The molecule has 0 saturated carbocycles. The topological polar surface area (TPSA) is 69.2 Å². The Morgan fingerprint density at radius 3 is 2.89 bits per heavy atom. The molecule has 1 aliphatic heterocycles. The van der Waals surface area contributed by atoms with Crippen LogP contribution in [0.25, 0.3) is 0 Å². The maximum atomic E-state index is 10.5. The lowest BCUT2D eigenvalue weighted by molar-refractivity contribution is -0.122. The Morgan fingerprint density at radius 2 is 2.56 bits per heavy atom. The summed E-state index contributed by atoms with van der Waals surface area (Å²) in [6.07, 6.45) is 0.818. The molecule has 1 atom stereocenters. The first-order valence-electron chi connectivity index (χ1n) is 2.99. The highest BCUT2D eigenvalue weighted by Gasteiger charge is 2.17. The Kier molecular flexibility index (Phi) is 2.02. The standard InChI is InChI=1S/C5H10N3O/c6-5(9)4-1-2-7-8-3-4/h4,7H,1-3H2,(H2,6,9). The van der Waals surface area contributed by atoms with E-state index in [9.17, 15) is 4.79 Å². The SMILES string of the molecule is NC(=O)C1CCN[N]C1. The van der Waals surface area contributed by atoms with Gasteiger partial charge in [0.1, 0.15) is 0 Å². The highest BCUT2D eigenvalue weighted by Crippen LogP contribution is 2.02. The quantitative estimate of drug-likeness (QED) is 0.456. The monoisotopic (exact) mass is 128 g/mol. The van der Waals surface area contributed by atoms with Crippen LogP contribution in [0.2, 0.25) is 0 Å². The normalized spacial score (nSPS) is 27.8. The van der Waals surface area contributed by atoms with Crippen molar-refractivity contribution in [3.8, 4) is 0 Å². The van der Waals surface area contributed by atoms with Crippen LogP contribution in [0.3, 0.4) is 0 Å². The Bertz CT molecular complexity index is 109. The second-order valence-electron chi connectivity index (χ2n) is 2.14. The number of hydrogen-bond acceptors (Lipinski definition) is 2. The minimum atomic E-state index is -0.236. The van der Waals surface area contributed by atoms with Gasteiger partial charge >= 0.3 is 0 Å². The summed E-state index contributed by atoms with van der Waals surface area (Å²) in [5.74, 6) is -0.272. The number of amides is 1. The first kappa shape index (κ1) is 6.51. The molecule has 0 aromatic heterocycles. The maximum absolute atomic E-state index is 10.5. The molecule has 1 aliphatic rings. The smallest absolute Gasteiger partial charge is 0.221 e. The van der Waals surface area contributed by atoms with E-state index in [1.807, 2.05) is 0 Å². The van der Waals surface area contributed by atoms with Gasteiger partial charge in [0.25, 0.3) is 0 Å². The lowest BCUT2D eigenvalue weighted by Gasteiger charge is -2.18. The van der Waals surface area contributed by atoms with Crippen molar-refractivity contribution >= 4 is 5.91 Å². The van der Waals surface area contributed by atoms with Gasteiger partial charge in [-0.15, -0.1) is 0 Å². The van der Waals surface area contributed by atoms with Gasteiger partial charge in [-0.2, -0.15) is 5.43 Å². The van der Waals surface area contributed by atoms with Crippen LogP contribution in [0.15, 0.2) is 0 Å². The molecule has 1 rings (SSSR count). The fourth-order valence-corrected chi connectivity index (χ4v) is 0.816. The fourth-order valence-electron chi connectivity index (χ4n) is 0.816. The van der Waals surface area contributed by atoms with Crippen LogP contribution in [0.1, 0.15) is 6.42 Å². The number of carbonyl (C=O) groups is 1. The van der Waals surface area contributed by atoms with Crippen molar-refractivity contribution in [3.63, 3.8) is 0 Å². The molecule has 0 spiro atoms. The zero-order valence-corrected chi connectivity index (χ0v) is 5.13. The van der Waals surface area contributed by atoms with Crippen LogP contribution in [0.4, 0.5) is 0 Å². The zero-order chi connectivity index (χ0) is 6.69. The Balaban J connectivity index is 2.31. The van der Waals surface area contributed by atoms with Gasteiger partial charge < -0.3 is 5.73 Å². The molecule has 1 unspecified atom stereocenters. The maximum Gasteiger partial charge on any atom is 0.221 e. The third-order valence-corrected chi connectivity index (χ3v) is 1.43. The van der Waals surface area contributed by atoms with Crippen LogP contribution in [-0.2, 0) is 4.79 Å². The molecule has 3 N–H and O–H groups in total. The summed E-state index contributed by atoms with van der Waals surface area (Å²) in [5, 5.41) is 0. The molecule has 51 valence electrons. The molecule has 9 heavy (non-hydrogen) atoms. The predicted molar refractivity (Wildman–Crippen MR) is 32.3 cm³/mol. The Hall–Kier alpha value is -0.610. The molecule has 1 radical (unpaired) electrons. The molecular formula is C5H10N3O. The van der Waals surface area contributed by atoms with Crippen molar-refractivity contribution in [1.82, 2.24) is 10.9 Å². The van der Waals surface area contributed by atoms with Gasteiger partial charge in [0.15, 0.2) is 0 Å². The predicted octanol–water partition coefficient (Wildman–Crippen LogP) is -1.40. The van der Waals surface area contributed by atoms with Crippen LogP contribution in [-0.4, -0.2) is 19.0 Å². The van der Waals surface area contributed by atoms with Crippen molar-refractivity contribution in [2.75, 3.05) is 13.1 Å². The Morgan fingerprint density at radius 1 is 1.78 bits per heavy atom. The fraction of sp³-hybridized carbons (Fsp3) is 0.800. The van der Waals surface area contributed by atoms with Crippen LogP contribution in [0.5, 0.6) is 0 Å². The van der Waals surface area contributed by atoms with E-state index in [1.54, 1.807) is 0 Å². The van der Waals surface area contributed by atoms with E-state index in [0.717, 1.165) is 13.0 Å². The summed E-state index contributed by atoms with van der Waals surface area (Å²) in [4.78, 5) is 10.5. The van der Waals surface area contributed by atoms with Gasteiger partial charge in [-0.3, -0.25) is 4.79 Å². The summed E-state index contributed by atoms with van der Waals surface area (Å²) >= 11 is 0. The van der Waals surface area contributed by atoms with Crippen molar-refractivity contribution < 1.29 is 4.79 Å². The molecule has 0 aliphatic carbocycles. The summed E-state index contributed by atoms with van der Waals surface area (Å²) < 4.78 is 0. The number of primary amides is 1. The van der Waals surface area contributed by atoms with E-state index < -0.39 is 0 Å². The first-order valence-corrected chi connectivity index (χ1v) is 2.99. The lowest BCUT2D eigenvalue weighted by Crippen LogP contribution is -2.42. The van der Waals surface area contributed by atoms with Gasteiger partial charge in [-0.1, -0.05) is 0 Å². The lowest BCUT2D eigenvalue weighted by atomic mass is 10.0. The molecule has 4 nitrogen and oxygen atoms in total. The number of nitrogens with two attached hydrogens (primary N) is 1. The van der Waals surface area contributed by atoms with Crippen molar-refractivity contribution in [3.05, 3.63) is 0 Å². The van der Waals surface area contributed by atoms with Crippen LogP contribution < -0.4 is 16.6 Å². The molecule has 0 aromatic rings. The van der Waals surface area contributed by atoms with E-state index in [0.29, 0.717) is 6.54 Å². The average molecular weight is 128 g/mol. The van der Waals surface area contributed by atoms with Gasteiger partial charge in [-0.25, -0.2) is 5.43 Å². The van der Waals surface area contributed by atoms with Gasteiger partial charge in [0, 0.05) is 13.1 Å². The van der Waals surface area contributed by atoms with Gasteiger partial charge in [0.2, 0.25) is 5.91 Å². The van der Waals surface area contributed by atoms with Crippen molar-refractivity contribution in [2.45, 2.75) is 6.42 Å². The molecule has 1 heterocycles. The molecule has 1 saturated heterocycles. The molecular weight excluding hydrogens is 118 g/mol. The number of rotatable bonds is 1. The van der Waals surface area contributed by atoms with Crippen molar-refractivity contribution in [1.29, 1.82) is 0 Å². The highest BCUT2D eigenvalue weighted by molar-refractivity contribution is 5.76. The minimum absolute atomic E-state index is 0.0359. The van der Waals surface area contributed by atoms with Crippen molar-refractivity contribution in [2.24, 2.45) is 11.7 Å². The third-order valence-electron chi connectivity index (χ3n) is 1.43. The number of nitrogens with zero attached hydrogens (tertiary/aromatic N) is 1. The minimum Gasteiger partial charge on any atom is -0.369 e. The second-order valence-corrected chi connectivity index (χ2v) is 2.14. The zero-order valence-electron chi connectivity index (χ0n) is 5.13. The molecule has 1 amide bonds. The van der Waals surface area contributed by atoms with E-state index in [-0.39, 0.29) is 11.8 Å². The number of hydrogen-bond donors (Lipinski definition) is 2. The summed E-state index contributed by atoms with van der Waals surface area (Å²) in [6.45, 7) is 1.31. The van der Waals surface area contributed by atoms with Crippen LogP contribution >= 0.6 is 0 Å². The second kappa shape index (κ2) is 2.80. The Labute approximate surface area is 53.8 Å². The van der Waals surface area contributed by atoms with E-state index >= 15 is 0 Å². The van der Waals surface area contributed by atoms with Crippen LogP contribution in [0, 0.1) is 5.92 Å². The average Bonchev–Trinajstić information content (AvgIpc) is 1.90. The van der Waals surface area contributed by atoms with E-state index in [4.69, 9.17) is 5.73 Å². The van der Waals surface area contributed by atoms with E-state index in [1.165, 1.54) is 0 Å². The number of nitrogens with one attached hydrogen (secondary N) is 1. The first-order chi connectivity index (χ1) is 4.30. The van der Waals surface area contributed by atoms with Gasteiger partial charge in [-0.05, 0) is 6.42 Å². The molecule has 0 bridgehead atoms. The van der Waals surface area contributed by atoms with Gasteiger partial charge in [0.05, 0.1) is 5.92 Å². The third kappa shape index (κ3) is 1.65. The molecule has 4 heteroatoms. The largest absolute Gasteiger partial charge is 0.369 e. The summed E-state index contributed by atoms with van der Waals surface area (Å²) in [5.41, 5.74) is 11.7. The number of carbonyl (C=O) groups excluding carboxylic acids is 1. The molecule has 1 fully saturated rings. The van der Waals surface area contributed by atoms with E-state index in [2.05, 4.69) is 10.9 Å². The molecule has 0 aromatic carbocycles.